The predicted molar refractivity (Wildman–Crippen MR) is 139 cm³/mol. The number of carbonyl (C=O) groups is 2. The molecule has 0 saturated heterocycles. The van der Waals surface area contributed by atoms with Gasteiger partial charge in [-0.2, -0.15) is 0 Å². The maximum atomic E-state index is 12.0. The lowest BCUT2D eigenvalue weighted by Crippen LogP contribution is -2.06. The number of rotatable bonds is 12. The van der Waals surface area contributed by atoms with Crippen LogP contribution in [0, 0.1) is 13.8 Å². The van der Waals surface area contributed by atoms with Crippen molar-refractivity contribution in [2.75, 3.05) is 11.5 Å². The minimum atomic E-state index is -0.207. The molecule has 0 aliphatic rings. The van der Waals surface area contributed by atoms with Crippen LogP contribution in [-0.2, 0) is 32.3 Å². The molecule has 0 bridgehead atoms. The molecule has 0 N–H and O–H groups in total. The molecule has 0 atom stereocenters. The number of hydrogen-bond acceptors (Lipinski definition) is 6. The minimum absolute atomic E-state index is 0.207. The number of hydrogen-bond donors (Lipinski definition) is 0. The van der Waals surface area contributed by atoms with Gasteiger partial charge in [0, 0.05) is 21.3 Å². The lowest BCUT2D eigenvalue weighted by molar-refractivity contribution is -0.145. The smallest absolute Gasteiger partial charge is 0.306 e. The van der Waals surface area contributed by atoms with E-state index < -0.39 is 0 Å². The standard InChI is InChI=1S/C28H30O4S2/c1-21-3-11-25(12-4-21)33-17-15-27(29)31-19-23-7-9-24(10-8-23)20-32-28(30)16-18-34-26-13-5-22(2)6-14-26/h3-14H,15-20H2,1-2H3. The van der Waals surface area contributed by atoms with E-state index in [1.165, 1.54) is 11.1 Å². The Kier molecular flexibility index (Phi) is 10.6. The van der Waals surface area contributed by atoms with Gasteiger partial charge in [0.15, 0.2) is 0 Å². The van der Waals surface area contributed by atoms with Gasteiger partial charge in [0.25, 0.3) is 0 Å². The SMILES string of the molecule is Cc1ccc(SCCC(=O)OCc2ccc(COC(=O)CCSc3ccc(C)cc3)cc2)cc1. The van der Waals surface area contributed by atoms with Crippen LogP contribution in [0.3, 0.4) is 0 Å². The van der Waals surface area contributed by atoms with E-state index in [1.807, 2.05) is 24.3 Å². The molecule has 0 saturated carbocycles. The van der Waals surface area contributed by atoms with Crippen LogP contribution in [-0.4, -0.2) is 23.4 Å². The van der Waals surface area contributed by atoms with Gasteiger partial charge in [-0.1, -0.05) is 59.7 Å². The van der Waals surface area contributed by atoms with Crippen molar-refractivity contribution < 1.29 is 19.1 Å². The summed E-state index contributed by atoms with van der Waals surface area (Å²) in [5.74, 6) is 0.966. The van der Waals surface area contributed by atoms with E-state index >= 15 is 0 Å². The lowest BCUT2D eigenvalue weighted by atomic mass is 10.1. The fourth-order valence-corrected chi connectivity index (χ4v) is 4.64. The molecule has 0 amide bonds. The topological polar surface area (TPSA) is 52.6 Å². The molecule has 0 spiro atoms. The Bertz CT molecular complexity index is 959. The number of thioether (sulfide) groups is 2. The molecule has 34 heavy (non-hydrogen) atoms. The summed E-state index contributed by atoms with van der Waals surface area (Å²) < 4.78 is 10.7. The van der Waals surface area contributed by atoms with Gasteiger partial charge in [-0.05, 0) is 49.2 Å². The average molecular weight is 495 g/mol. The van der Waals surface area contributed by atoms with Crippen molar-refractivity contribution in [1.29, 1.82) is 0 Å². The van der Waals surface area contributed by atoms with Crippen LogP contribution in [0.5, 0.6) is 0 Å². The van der Waals surface area contributed by atoms with Crippen molar-refractivity contribution in [2.24, 2.45) is 0 Å². The number of aryl methyl sites for hydroxylation is 2. The number of ether oxygens (including phenoxy) is 2. The van der Waals surface area contributed by atoms with Crippen LogP contribution in [0.2, 0.25) is 0 Å². The van der Waals surface area contributed by atoms with E-state index in [4.69, 9.17) is 9.47 Å². The molecule has 0 aliphatic heterocycles. The van der Waals surface area contributed by atoms with Crippen molar-refractivity contribution in [3.8, 4) is 0 Å². The van der Waals surface area contributed by atoms with E-state index in [1.54, 1.807) is 23.5 Å². The third kappa shape index (κ3) is 9.65. The summed E-state index contributed by atoms with van der Waals surface area (Å²) in [6, 6.07) is 24.1. The number of esters is 2. The molecule has 0 unspecified atom stereocenters. The second kappa shape index (κ2) is 13.9. The quantitative estimate of drug-likeness (QED) is 0.205. The van der Waals surface area contributed by atoms with Crippen LogP contribution in [0.15, 0.2) is 82.6 Å². The second-order valence-corrected chi connectivity index (χ2v) is 10.3. The molecule has 4 nitrogen and oxygen atoms in total. The fraction of sp³-hybridized carbons (Fsp3) is 0.286. The van der Waals surface area contributed by atoms with Gasteiger partial charge in [-0.3, -0.25) is 9.59 Å². The van der Waals surface area contributed by atoms with E-state index in [2.05, 4.69) is 62.4 Å². The first-order chi connectivity index (χ1) is 16.5. The summed E-state index contributed by atoms with van der Waals surface area (Å²) in [5.41, 5.74) is 4.26. The van der Waals surface area contributed by atoms with E-state index in [-0.39, 0.29) is 25.2 Å². The van der Waals surface area contributed by atoms with Gasteiger partial charge in [0.1, 0.15) is 13.2 Å². The van der Waals surface area contributed by atoms with Crippen molar-refractivity contribution in [3.05, 3.63) is 95.1 Å². The zero-order valence-corrected chi connectivity index (χ0v) is 21.3. The summed E-state index contributed by atoms with van der Waals surface area (Å²) in [5, 5.41) is 0. The van der Waals surface area contributed by atoms with Crippen LogP contribution in [0.1, 0.15) is 35.1 Å². The summed E-state index contributed by atoms with van der Waals surface area (Å²) in [4.78, 5) is 26.3. The van der Waals surface area contributed by atoms with E-state index in [0.29, 0.717) is 24.3 Å². The first-order valence-corrected chi connectivity index (χ1v) is 13.2. The number of benzene rings is 3. The van der Waals surface area contributed by atoms with Crippen LogP contribution in [0.25, 0.3) is 0 Å². The van der Waals surface area contributed by atoms with Crippen LogP contribution in [0.4, 0.5) is 0 Å². The van der Waals surface area contributed by atoms with Crippen molar-refractivity contribution in [2.45, 2.75) is 49.7 Å². The van der Waals surface area contributed by atoms with Gasteiger partial charge >= 0.3 is 11.9 Å². The molecule has 3 rings (SSSR count). The first-order valence-electron chi connectivity index (χ1n) is 11.3. The highest BCUT2D eigenvalue weighted by atomic mass is 32.2. The lowest BCUT2D eigenvalue weighted by Gasteiger charge is -2.08. The Morgan fingerprint density at radius 2 is 0.941 bits per heavy atom. The molecule has 0 aromatic heterocycles. The largest absolute Gasteiger partial charge is 0.461 e. The maximum Gasteiger partial charge on any atom is 0.306 e. The van der Waals surface area contributed by atoms with Crippen LogP contribution < -0.4 is 0 Å². The highest BCUT2D eigenvalue weighted by Gasteiger charge is 2.07. The normalized spacial score (nSPS) is 10.6. The predicted octanol–water partition coefficient (Wildman–Crippen LogP) is 6.75. The molecule has 3 aromatic rings. The highest BCUT2D eigenvalue weighted by Crippen LogP contribution is 2.20. The summed E-state index contributed by atoms with van der Waals surface area (Å²) in [7, 11) is 0. The van der Waals surface area contributed by atoms with Crippen molar-refractivity contribution >= 4 is 35.5 Å². The summed E-state index contributed by atoms with van der Waals surface area (Å²) >= 11 is 3.30. The molecule has 178 valence electrons. The van der Waals surface area contributed by atoms with Crippen molar-refractivity contribution in [1.82, 2.24) is 0 Å². The zero-order valence-electron chi connectivity index (χ0n) is 19.6. The summed E-state index contributed by atoms with van der Waals surface area (Å²) in [6.45, 7) is 4.59. The summed E-state index contributed by atoms with van der Waals surface area (Å²) in [6.07, 6.45) is 0.740. The maximum absolute atomic E-state index is 12.0. The highest BCUT2D eigenvalue weighted by molar-refractivity contribution is 7.99. The molecule has 0 radical (unpaired) electrons. The Balaban J connectivity index is 1.28. The Morgan fingerprint density at radius 3 is 1.29 bits per heavy atom. The van der Waals surface area contributed by atoms with Gasteiger partial charge in [-0.15, -0.1) is 23.5 Å². The third-order valence-electron chi connectivity index (χ3n) is 5.01. The van der Waals surface area contributed by atoms with Crippen molar-refractivity contribution in [3.63, 3.8) is 0 Å². The molecule has 0 heterocycles. The monoisotopic (exact) mass is 494 g/mol. The molecule has 0 aliphatic carbocycles. The van der Waals surface area contributed by atoms with E-state index in [9.17, 15) is 9.59 Å². The zero-order chi connectivity index (χ0) is 24.2. The Labute approximate surface area is 210 Å². The van der Waals surface area contributed by atoms with E-state index in [0.717, 1.165) is 20.9 Å². The van der Waals surface area contributed by atoms with Gasteiger partial charge in [-0.25, -0.2) is 0 Å². The molecular weight excluding hydrogens is 464 g/mol. The number of carbonyl (C=O) groups excluding carboxylic acids is 2. The average Bonchev–Trinajstić information content (AvgIpc) is 2.84. The fourth-order valence-electron chi connectivity index (χ4n) is 2.98. The second-order valence-electron chi connectivity index (χ2n) is 7.96. The minimum Gasteiger partial charge on any atom is -0.461 e. The molecule has 6 heteroatoms. The molecule has 3 aromatic carbocycles. The van der Waals surface area contributed by atoms with Gasteiger partial charge < -0.3 is 9.47 Å². The van der Waals surface area contributed by atoms with Gasteiger partial charge in [0.2, 0.25) is 0 Å². The third-order valence-corrected chi connectivity index (χ3v) is 7.04. The van der Waals surface area contributed by atoms with Crippen LogP contribution >= 0.6 is 23.5 Å². The first kappa shape index (κ1) is 25.9. The Hall–Kier alpha value is -2.70. The Morgan fingerprint density at radius 1 is 0.588 bits per heavy atom. The molecule has 0 fully saturated rings. The molecular formula is C28H30O4S2. The van der Waals surface area contributed by atoms with Gasteiger partial charge in [0.05, 0.1) is 12.8 Å².